The Morgan fingerprint density at radius 1 is 1.03 bits per heavy atom. The van der Waals surface area contributed by atoms with E-state index < -0.39 is 9.84 Å². The fourth-order valence-electron chi connectivity index (χ4n) is 3.32. The summed E-state index contributed by atoms with van der Waals surface area (Å²) in [6.45, 7) is 2.16. The normalized spacial score (nSPS) is 12.2. The molecule has 0 radical (unpaired) electrons. The van der Waals surface area contributed by atoms with Crippen LogP contribution in [0.3, 0.4) is 0 Å². The molecule has 3 aromatic carbocycles. The SMILES string of the molecule is CC(C(=O)NCc1cccc(C(=N)N)c1)c1ccc(-c2ccccc2S(C)(=O)=O)cc1. The Kier molecular flexibility index (Phi) is 6.56. The predicted molar refractivity (Wildman–Crippen MR) is 123 cm³/mol. The van der Waals surface area contributed by atoms with Crippen molar-refractivity contribution in [3.63, 3.8) is 0 Å². The van der Waals surface area contributed by atoms with Crippen LogP contribution in [0, 0.1) is 5.41 Å². The molecule has 31 heavy (non-hydrogen) atoms. The zero-order valence-electron chi connectivity index (χ0n) is 17.4. The third kappa shape index (κ3) is 5.38. The standard InChI is InChI=1S/C24H25N3O3S/c1-16(24(28)27-15-17-6-5-7-20(14-17)23(25)26)18-10-12-19(13-11-18)21-8-3-4-9-22(21)31(2,29)30/h3-14,16H,15H2,1-2H3,(H3,25,26)(H,27,28). The summed E-state index contributed by atoms with van der Waals surface area (Å²) in [7, 11) is -3.35. The lowest BCUT2D eigenvalue weighted by Crippen LogP contribution is -2.27. The van der Waals surface area contributed by atoms with Gasteiger partial charge in [0.2, 0.25) is 5.91 Å². The first-order valence-corrected chi connectivity index (χ1v) is 11.7. The number of amides is 1. The highest BCUT2D eigenvalue weighted by atomic mass is 32.2. The predicted octanol–water partition coefficient (Wildman–Crippen LogP) is 3.46. The number of hydrogen-bond donors (Lipinski definition) is 3. The minimum Gasteiger partial charge on any atom is -0.384 e. The van der Waals surface area contributed by atoms with Crippen molar-refractivity contribution >= 4 is 21.6 Å². The molecule has 7 heteroatoms. The van der Waals surface area contributed by atoms with Crippen LogP contribution in [0.15, 0.2) is 77.7 Å². The number of sulfone groups is 1. The van der Waals surface area contributed by atoms with Gasteiger partial charge in [0, 0.05) is 23.9 Å². The number of nitrogens with two attached hydrogens (primary N) is 1. The van der Waals surface area contributed by atoms with Crippen LogP contribution in [-0.4, -0.2) is 26.4 Å². The Balaban J connectivity index is 1.72. The van der Waals surface area contributed by atoms with Crippen molar-refractivity contribution in [3.05, 3.63) is 89.5 Å². The van der Waals surface area contributed by atoms with E-state index in [1.165, 1.54) is 6.26 Å². The molecule has 3 aromatic rings. The largest absolute Gasteiger partial charge is 0.384 e. The molecule has 0 aromatic heterocycles. The summed E-state index contributed by atoms with van der Waals surface area (Å²) in [5.41, 5.74) is 9.23. The van der Waals surface area contributed by atoms with Crippen molar-refractivity contribution in [1.29, 1.82) is 5.41 Å². The van der Waals surface area contributed by atoms with Gasteiger partial charge in [0.25, 0.3) is 0 Å². The molecule has 0 spiro atoms. The molecule has 1 atom stereocenters. The van der Waals surface area contributed by atoms with E-state index in [2.05, 4.69) is 5.32 Å². The van der Waals surface area contributed by atoms with Gasteiger partial charge in [0.05, 0.1) is 10.8 Å². The maximum absolute atomic E-state index is 12.6. The molecule has 6 nitrogen and oxygen atoms in total. The third-order valence-electron chi connectivity index (χ3n) is 5.11. The Hall–Kier alpha value is -3.45. The molecule has 3 rings (SSSR count). The van der Waals surface area contributed by atoms with Gasteiger partial charge < -0.3 is 11.1 Å². The molecule has 4 N–H and O–H groups in total. The topological polar surface area (TPSA) is 113 Å². The van der Waals surface area contributed by atoms with Crippen molar-refractivity contribution in [2.75, 3.05) is 6.26 Å². The lowest BCUT2D eigenvalue weighted by molar-refractivity contribution is -0.122. The van der Waals surface area contributed by atoms with Gasteiger partial charge in [-0.15, -0.1) is 0 Å². The summed E-state index contributed by atoms with van der Waals surface area (Å²) in [6.07, 6.45) is 1.19. The van der Waals surface area contributed by atoms with E-state index >= 15 is 0 Å². The number of hydrogen-bond acceptors (Lipinski definition) is 4. The second-order valence-electron chi connectivity index (χ2n) is 7.44. The molecule has 0 saturated heterocycles. The third-order valence-corrected chi connectivity index (χ3v) is 6.26. The number of nitrogens with one attached hydrogen (secondary N) is 2. The monoisotopic (exact) mass is 435 g/mol. The first kappa shape index (κ1) is 22.2. The summed E-state index contributed by atoms with van der Waals surface area (Å²) < 4.78 is 24.1. The second kappa shape index (κ2) is 9.14. The Labute approximate surface area is 182 Å². The minimum absolute atomic E-state index is 0.0147. The van der Waals surface area contributed by atoms with Crippen molar-refractivity contribution in [2.24, 2.45) is 5.73 Å². The average Bonchev–Trinajstić information content (AvgIpc) is 2.76. The van der Waals surface area contributed by atoms with Gasteiger partial charge in [-0.3, -0.25) is 10.2 Å². The zero-order chi connectivity index (χ0) is 22.6. The van der Waals surface area contributed by atoms with Crippen molar-refractivity contribution in [3.8, 4) is 11.1 Å². The molecule has 160 valence electrons. The van der Waals surface area contributed by atoms with E-state index in [1.54, 1.807) is 42.5 Å². The first-order chi connectivity index (χ1) is 14.7. The maximum Gasteiger partial charge on any atom is 0.227 e. The van der Waals surface area contributed by atoms with Gasteiger partial charge in [-0.1, -0.05) is 60.7 Å². The van der Waals surface area contributed by atoms with Crippen LogP contribution >= 0.6 is 0 Å². The van der Waals surface area contributed by atoms with Crippen molar-refractivity contribution < 1.29 is 13.2 Å². The molecule has 0 aliphatic rings. The van der Waals surface area contributed by atoms with Crippen LogP contribution in [0.2, 0.25) is 0 Å². The van der Waals surface area contributed by atoms with Crippen LogP contribution in [0.4, 0.5) is 0 Å². The van der Waals surface area contributed by atoms with Crippen LogP contribution in [0.1, 0.15) is 29.5 Å². The fourth-order valence-corrected chi connectivity index (χ4v) is 4.23. The highest BCUT2D eigenvalue weighted by molar-refractivity contribution is 7.90. The van der Waals surface area contributed by atoms with Gasteiger partial charge >= 0.3 is 0 Å². The molecule has 0 bridgehead atoms. The van der Waals surface area contributed by atoms with Crippen LogP contribution in [0.5, 0.6) is 0 Å². The van der Waals surface area contributed by atoms with Crippen LogP contribution in [-0.2, 0) is 21.2 Å². The van der Waals surface area contributed by atoms with Gasteiger partial charge in [0.15, 0.2) is 9.84 Å². The first-order valence-electron chi connectivity index (χ1n) is 9.77. The molecule has 0 aliphatic carbocycles. The molecule has 1 unspecified atom stereocenters. The summed E-state index contributed by atoms with van der Waals surface area (Å²) in [6, 6.07) is 21.4. The summed E-state index contributed by atoms with van der Waals surface area (Å²) >= 11 is 0. The van der Waals surface area contributed by atoms with Crippen molar-refractivity contribution in [1.82, 2.24) is 5.32 Å². The summed E-state index contributed by atoms with van der Waals surface area (Å²) in [4.78, 5) is 12.9. The highest BCUT2D eigenvalue weighted by Gasteiger charge is 2.17. The molecular formula is C24H25N3O3S. The Morgan fingerprint density at radius 3 is 2.35 bits per heavy atom. The highest BCUT2D eigenvalue weighted by Crippen LogP contribution is 2.28. The number of rotatable bonds is 7. The fraction of sp³-hybridized carbons (Fsp3) is 0.167. The van der Waals surface area contributed by atoms with Gasteiger partial charge in [-0.25, -0.2) is 8.42 Å². The number of amidine groups is 1. The lowest BCUT2D eigenvalue weighted by atomic mass is 9.97. The van der Waals surface area contributed by atoms with Gasteiger partial charge in [0.1, 0.15) is 5.84 Å². The van der Waals surface area contributed by atoms with E-state index in [4.69, 9.17) is 11.1 Å². The quantitative estimate of drug-likeness (QED) is 0.389. The Bertz CT molecular complexity index is 1220. The van der Waals surface area contributed by atoms with E-state index in [-0.39, 0.29) is 22.6 Å². The molecular weight excluding hydrogens is 410 g/mol. The average molecular weight is 436 g/mol. The molecule has 0 saturated carbocycles. The number of benzene rings is 3. The van der Waals surface area contributed by atoms with E-state index in [0.717, 1.165) is 16.7 Å². The van der Waals surface area contributed by atoms with Crippen LogP contribution in [0.25, 0.3) is 11.1 Å². The number of carbonyl (C=O) groups excluding carboxylic acids is 1. The van der Waals surface area contributed by atoms with Crippen molar-refractivity contribution in [2.45, 2.75) is 24.3 Å². The van der Waals surface area contributed by atoms with E-state index in [1.807, 2.05) is 37.3 Å². The summed E-state index contributed by atoms with van der Waals surface area (Å²) in [5.74, 6) is -0.521. The molecule has 0 heterocycles. The molecule has 0 aliphatic heterocycles. The number of nitrogen functional groups attached to an aromatic ring is 1. The van der Waals surface area contributed by atoms with Crippen LogP contribution < -0.4 is 11.1 Å². The summed E-state index contributed by atoms with van der Waals surface area (Å²) in [5, 5.41) is 10.4. The van der Waals surface area contributed by atoms with E-state index in [0.29, 0.717) is 17.7 Å². The van der Waals surface area contributed by atoms with Gasteiger partial charge in [-0.05, 0) is 35.7 Å². The molecule has 0 fully saturated rings. The van der Waals surface area contributed by atoms with E-state index in [9.17, 15) is 13.2 Å². The maximum atomic E-state index is 12.6. The number of carbonyl (C=O) groups is 1. The van der Waals surface area contributed by atoms with Gasteiger partial charge in [-0.2, -0.15) is 0 Å². The molecule has 1 amide bonds. The lowest BCUT2D eigenvalue weighted by Gasteiger charge is -2.14. The minimum atomic E-state index is -3.35. The second-order valence-corrected chi connectivity index (χ2v) is 9.43. The smallest absolute Gasteiger partial charge is 0.227 e. The Morgan fingerprint density at radius 2 is 1.71 bits per heavy atom. The zero-order valence-corrected chi connectivity index (χ0v) is 18.2.